The van der Waals surface area contributed by atoms with E-state index in [4.69, 9.17) is 10.8 Å². The van der Waals surface area contributed by atoms with Gasteiger partial charge in [0.1, 0.15) is 11.7 Å². The van der Waals surface area contributed by atoms with Crippen LogP contribution in [-0.4, -0.2) is 22.8 Å². The number of carbonyl (C=O) groups is 1. The predicted octanol–water partition coefficient (Wildman–Crippen LogP) is 0.927. The maximum absolute atomic E-state index is 12.8. The summed E-state index contributed by atoms with van der Waals surface area (Å²) in [7, 11) is 0. The third kappa shape index (κ3) is 5.79. The molecule has 0 aliphatic carbocycles. The van der Waals surface area contributed by atoms with E-state index in [0.717, 1.165) is 0 Å². The minimum Gasteiger partial charge on any atom is -0.480 e. The highest BCUT2D eigenvalue weighted by atomic mass is 18.2. The second-order valence-electron chi connectivity index (χ2n) is 3.20. The average molecular weight is 162 g/mol. The zero-order valence-corrected chi connectivity index (χ0v) is 6.80. The van der Waals surface area contributed by atoms with Crippen LogP contribution in [0.1, 0.15) is 26.7 Å². The zero-order valence-electron chi connectivity index (χ0n) is 6.80. The molecule has 0 fully saturated rings. The molecule has 0 heterocycles. The summed E-state index contributed by atoms with van der Waals surface area (Å²) in [5.74, 6) is -1.07. The van der Waals surface area contributed by atoms with Crippen LogP contribution in [-0.2, 0) is 4.79 Å². The Morgan fingerprint density at radius 3 is 2.45 bits per heavy atom. The molecule has 0 aromatic heterocycles. The summed E-state index contributed by atoms with van der Waals surface area (Å²) in [5, 5.41) is 8.33. The lowest BCUT2D eigenvalue weighted by molar-refractivity contribution is -0.138. The van der Waals surface area contributed by atoms with Crippen LogP contribution in [0, 0.1) is 0 Å². The van der Waals surface area contributed by atoms with Gasteiger partial charge < -0.3 is 10.8 Å². The summed E-state index contributed by atoms with van der Waals surface area (Å²) in [4.78, 5) is 10.2. The second-order valence-corrected chi connectivity index (χ2v) is 3.20. The Bertz CT molecular complexity index is 142. The zero-order chi connectivity index (χ0) is 9.07. The Morgan fingerprint density at radius 1 is 1.73 bits per heavy atom. The number of halogens is 1. The summed E-state index contributed by atoms with van der Waals surface area (Å²) >= 11 is 0. The first-order chi connectivity index (χ1) is 4.83. The number of aliphatic carboxylic acids is 1. The van der Waals surface area contributed by atoms with Crippen LogP contribution in [0.2, 0.25) is 0 Å². The van der Waals surface area contributed by atoms with Crippen molar-refractivity contribution in [2.24, 2.45) is 5.73 Å². The Hall–Kier alpha value is -0.640. The van der Waals surface area contributed by atoms with Gasteiger partial charge in [0.25, 0.3) is 0 Å². The Kier molecular flexibility index (Phi) is 3.45. The van der Waals surface area contributed by atoms with E-state index in [0.29, 0.717) is 0 Å². The number of alkyl halides is 1. The number of hydrogen-bond donors (Lipinski definition) is 2. The molecular weight excluding hydrogens is 148 g/mol. The van der Waals surface area contributed by atoms with Crippen molar-refractivity contribution in [2.45, 2.75) is 38.4 Å². The van der Waals surface area contributed by atoms with Gasteiger partial charge in [-0.2, -0.15) is 0 Å². The molecule has 0 rings (SSSR count). The highest BCUT2D eigenvalue weighted by Gasteiger charge is 2.19. The molecule has 3 nitrogen and oxygen atoms in total. The molecule has 1 atom stereocenters. The van der Waals surface area contributed by atoms with Crippen LogP contribution in [0.4, 0.5) is 4.39 Å². The van der Waals surface area contributed by atoms with Gasteiger partial charge in [-0.25, -0.2) is 4.39 Å². The first-order valence-corrected chi connectivity index (χ1v) is 3.50. The van der Waals surface area contributed by atoms with E-state index in [1.54, 1.807) is 0 Å². The van der Waals surface area contributed by atoms with Gasteiger partial charge in [-0.15, -0.1) is 0 Å². The third-order valence-corrected chi connectivity index (χ3v) is 1.37. The van der Waals surface area contributed by atoms with Gasteiger partial charge in [0.05, 0.1) is 0 Å². The van der Waals surface area contributed by atoms with Gasteiger partial charge in [-0.1, -0.05) is 0 Å². The minimum atomic E-state index is -1.33. The van der Waals surface area contributed by atoms with E-state index in [1.807, 2.05) is 0 Å². The maximum atomic E-state index is 12.8. The number of rotatable bonds is 4. The topological polar surface area (TPSA) is 63.3 Å². The molecule has 0 amide bonds. The Balaban J connectivity index is 3.63. The van der Waals surface area contributed by atoms with Crippen molar-refractivity contribution in [3.05, 3.63) is 0 Å². The largest absolute Gasteiger partial charge is 0.480 e. The van der Waals surface area contributed by atoms with E-state index in [1.165, 1.54) is 13.8 Å². The fourth-order valence-electron chi connectivity index (χ4n) is 0.622. The number of hydrogen-bond acceptors (Lipinski definition) is 2. The Morgan fingerprint density at radius 2 is 2.18 bits per heavy atom. The van der Waals surface area contributed by atoms with Gasteiger partial charge in [-0.3, -0.25) is 4.79 Å². The van der Waals surface area contributed by atoms with Crippen LogP contribution in [0.25, 0.3) is 0 Å². The SMILES string of the molecule is CC(C)([18F])CC[C@H](N)C(=O)O. The number of carboxylic acids is 1. The number of nitrogens with two attached hydrogens (primary N) is 1. The normalized spacial score (nSPS) is 14.5. The van der Waals surface area contributed by atoms with Crippen molar-refractivity contribution >= 4 is 5.97 Å². The summed E-state index contributed by atoms with van der Waals surface area (Å²) in [6, 6.07) is -0.940. The van der Waals surface area contributed by atoms with Crippen LogP contribution >= 0.6 is 0 Å². The van der Waals surface area contributed by atoms with Crippen molar-refractivity contribution < 1.29 is 14.3 Å². The van der Waals surface area contributed by atoms with Crippen molar-refractivity contribution in [3.63, 3.8) is 0 Å². The molecule has 0 bridgehead atoms. The van der Waals surface area contributed by atoms with Crippen molar-refractivity contribution in [1.29, 1.82) is 0 Å². The quantitative estimate of drug-likeness (QED) is 0.646. The molecule has 0 aliphatic heterocycles. The molecule has 4 heteroatoms. The Labute approximate surface area is 65.4 Å². The molecule has 66 valence electrons. The molecule has 0 aromatic rings. The smallest absolute Gasteiger partial charge is 0.320 e. The molecule has 0 aliphatic rings. The van der Waals surface area contributed by atoms with Gasteiger partial charge >= 0.3 is 5.97 Å². The first kappa shape index (κ1) is 10.4. The molecule has 0 unspecified atom stereocenters. The first-order valence-electron chi connectivity index (χ1n) is 3.50. The van der Waals surface area contributed by atoms with Crippen LogP contribution in [0.15, 0.2) is 0 Å². The lowest BCUT2D eigenvalue weighted by atomic mass is 10.0. The fourth-order valence-corrected chi connectivity index (χ4v) is 0.622. The van der Waals surface area contributed by atoms with E-state index < -0.39 is 17.7 Å². The monoisotopic (exact) mass is 162 g/mol. The van der Waals surface area contributed by atoms with Crippen molar-refractivity contribution in [3.8, 4) is 0 Å². The molecule has 0 radical (unpaired) electrons. The second kappa shape index (κ2) is 3.67. The average Bonchev–Trinajstić information content (AvgIpc) is 1.80. The highest BCUT2D eigenvalue weighted by molar-refractivity contribution is 5.72. The number of carboxylic acid groups (broad SMARTS) is 1. The lowest BCUT2D eigenvalue weighted by Crippen LogP contribution is -2.31. The van der Waals surface area contributed by atoms with E-state index in [9.17, 15) is 9.18 Å². The fraction of sp³-hybridized carbons (Fsp3) is 0.857. The molecule has 0 saturated carbocycles. The summed E-state index contributed by atoms with van der Waals surface area (Å²) in [5.41, 5.74) is 3.83. The molecule has 11 heavy (non-hydrogen) atoms. The molecule has 0 saturated heterocycles. The van der Waals surface area contributed by atoms with Gasteiger partial charge in [-0.05, 0) is 26.7 Å². The van der Waals surface area contributed by atoms with Gasteiger partial charge in [0.2, 0.25) is 0 Å². The molecule has 0 aromatic carbocycles. The van der Waals surface area contributed by atoms with Crippen molar-refractivity contribution in [2.75, 3.05) is 0 Å². The van der Waals surface area contributed by atoms with Crippen molar-refractivity contribution in [1.82, 2.24) is 0 Å². The van der Waals surface area contributed by atoms with Crippen LogP contribution in [0.5, 0.6) is 0 Å². The summed E-state index contributed by atoms with van der Waals surface area (Å²) in [6.45, 7) is 2.81. The summed E-state index contributed by atoms with van der Waals surface area (Å²) in [6.07, 6.45) is 0.360. The maximum Gasteiger partial charge on any atom is 0.320 e. The third-order valence-electron chi connectivity index (χ3n) is 1.37. The molecular formula is C7H14FNO2. The van der Waals surface area contributed by atoms with E-state index in [-0.39, 0.29) is 12.8 Å². The van der Waals surface area contributed by atoms with Gasteiger partial charge in [0.15, 0.2) is 0 Å². The van der Waals surface area contributed by atoms with Gasteiger partial charge in [0, 0.05) is 0 Å². The van der Waals surface area contributed by atoms with E-state index >= 15 is 0 Å². The predicted molar refractivity (Wildman–Crippen MR) is 40.0 cm³/mol. The lowest BCUT2D eigenvalue weighted by Gasteiger charge is -2.14. The van der Waals surface area contributed by atoms with Crippen LogP contribution < -0.4 is 5.73 Å². The minimum absolute atomic E-state index is 0.179. The summed E-state index contributed by atoms with van der Waals surface area (Å²) < 4.78 is 12.8. The molecule has 0 spiro atoms. The standard InChI is InChI=1S/C7H14FNO2/c1-7(2,8)4-3-5(9)6(10)11/h5H,3-4,9H2,1-2H3,(H,10,11)/t5-/m0/s1/i8-1. The molecule has 3 N–H and O–H groups in total. The van der Waals surface area contributed by atoms with E-state index in [2.05, 4.69) is 0 Å². The highest BCUT2D eigenvalue weighted by Crippen LogP contribution is 2.16. The van der Waals surface area contributed by atoms with Crippen LogP contribution in [0.3, 0.4) is 0 Å².